The minimum Gasteiger partial charge on any atom is -0.395 e. The molecule has 0 aliphatic carbocycles. The molecule has 3 aliphatic rings. The Hall–Kier alpha value is -5.08. The number of nitrogens with one attached hydrogen (secondary N) is 1. The molecule has 0 saturated carbocycles. The van der Waals surface area contributed by atoms with Gasteiger partial charge in [0.25, 0.3) is 23.6 Å². The molecule has 7 rings (SSSR count). The van der Waals surface area contributed by atoms with E-state index in [1.807, 2.05) is 53.4 Å². The minimum absolute atomic E-state index is 0.0351. The Bertz CT molecular complexity index is 1730. The molecule has 4 aromatic rings. The van der Waals surface area contributed by atoms with Crippen molar-refractivity contribution < 1.29 is 39.2 Å². The molecule has 4 amide bonds. The van der Waals surface area contributed by atoms with Gasteiger partial charge in [0, 0.05) is 32.7 Å². The van der Waals surface area contributed by atoms with E-state index in [1.54, 1.807) is 48.5 Å². The van der Waals surface area contributed by atoms with Crippen LogP contribution >= 0.6 is 0 Å². The van der Waals surface area contributed by atoms with Gasteiger partial charge in [-0.05, 0) is 35.4 Å². The van der Waals surface area contributed by atoms with E-state index in [4.69, 9.17) is 9.84 Å². The van der Waals surface area contributed by atoms with Crippen molar-refractivity contribution in [3.05, 3.63) is 143 Å². The van der Waals surface area contributed by atoms with Crippen molar-refractivity contribution >= 4 is 23.6 Å². The van der Waals surface area contributed by atoms with Crippen LogP contribution in [0.2, 0.25) is 0 Å². The van der Waals surface area contributed by atoms with E-state index >= 15 is 0 Å². The zero-order valence-corrected chi connectivity index (χ0v) is 28.8. The lowest BCUT2D eigenvalue weighted by atomic mass is 10.1. The quantitative estimate of drug-likeness (QED) is 0.0871. The van der Waals surface area contributed by atoms with Crippen LogP contribution in [0.1, 0.15) is 52.6 Å². The van der Waals surface area contributed by atoms with Crippen molar-refractivity contribution in [2.75, 3.05) is 52.5 Å². The van der Waals surface area contributed by atoms with E-state index < -0.39 is 6.10 Å². The molecule has 4 N–H and O–H groups in total. The maximum atomic E-state index is 12.4. The number of fused-ring (bicyclic) bond motifs is 2. The number of nitrogens with zero attached hydrogens (tertiary/aromatic N) is 3. The van der Waals surface area contributed by atoms with Crippen LogP contribution in [0.5, 0.6) is 0 Å². The number of hydrogen-bond donors (Lipinski definition) is 4. The summed E-state index contributed by atoms with van der Waals surface area (Å²) in [7, 11) is 0. The van der Waals surface area contributed by atoms with Crippen LogP contribution in [0.25, 0.3) is 0 Å². The normalized spacial score (nSPS) is 16.2. The highest BCUT2D eigenvalue weighted by Gasteiger charge is 2.39. The summed E-state index contributed by atoms with van der Waals surface area (Å²) >= 11 is 0. The third-order valence-corrected chi connectivity index (χ3v) is 8.53. The number of carbonyl (C=O) groups is 4. The van der Waals surface area contributed by atoms with Gasteiger partial charge in [0.15, 0.2) is 0 Å². The van der Waals surface area contributed by atoms with Crippen molar-refractivity contribution in [3.63, 3.8) is 0 Å². The van der Waals surface area contributed by atoms with Crippen LogP contribution in [0.3, 0.4) is 0 Å². The molecule has 12 nitrogen and oxygen atoms in total. The number of aliphatic hydroxyl groups is 3. The predicted octanol–water partition coefficient (Wildman–Crippen LogP) is 2.59. The first-order valence-corrected chi connectivity index (χ1v) is 17.2. The van der Waals surface area contributed by atoms with E-state index in [-0.39, 0.29) is 56.0 Å². The van der Waals surface area contributed by atoms with Gasteiger partial charge in [-0.2, -0.15) is 0 Å². The molecule has 3 heterocycles. The first kappa shape index (κ1) is 38.2. The smallest absolute Gasteiger partial charge is 0.261 e. The Morgan fingerprint density at radius 3 is 1.60 bits per heavy atom. The number of imide groups is 2. The van der Waals surface area contributed by atoms with Gasteiger partial charge in [0.05, 0.1) is 67.4 Å². The molecule has 1 fully saturated rings. The van der Waals surface area contributed by atoms with E-state index in [9.17, 15) is 29.4 Å². The van der Waals surface area contributed by atoms with Crippen molar-refractivity contribution in [1.29, 1.82) is 0 Å². The zero-order chi connectivity index (χ0) is 36.9. The van der Waals surface area contributed by atoms with Gasteiger partial charge in [-0.25, -0.2) is 0 Å². The summed E-state index contributed by atoms with van der Waals surface area (Å²) in [5.41, 5.74) is 4.07. The third kappa shape index (κ3) is 10.3. The number of rotatable bonds is 14. The Labute approximate surface area is 302 Å². The Morgan fingerprint density at radius 1 is 0.673 bits per heavy atom. The molecule has 3 aliphatic heterocycles. The summed E-state index contributed by atoms with van der Waals surface area (Å²) in [6.45, 7) is 3.84. The van der Waals surface area contributed by atoms with E-state index in [2.05, 4.69) is 17.4 Å². The van der Waals surface area contributed by atoms with Gasteiger partial charge >= 0.3 is 0 Å². The van der Waals surface area contributed by atoms with Crippen molar-refractivity contribution in [3.8, 4) is 0 Å². The largest absolute Gasteiger partial charge is 0.395 e. The monoisotopic (exact) mass is 708 g/mol. The van der Waals surface area contributed by atoms with Crippen LogP contribution in [0.15, 0.2) is 109 Å². The molecule has 272 valence electrons. The highest BCUT2D eigenvalue weighted by Crippen LogP contribution is 2.25. The predicted molar refractivity (Wildman–Crippen MR) is 193 cm³/mol. The SMILES string of the molecule is O=C1c2ccccc2C(=O)N1CC(O)CN(CCO)Cc1ccccc1.O=C1c2ccccc2C(=O)N1CC1CO1.OCCNCc1ccccc1. The number of β-amino-alcohol motifs (C(OH)–C–C–N with tert-alkyl or cyclic N) is 1. The van der Waals surface area contributed by atoms with Gasteiger partial charge in [-0.3, -0.25) is 33.9 Å². The van der Waals surface area contributed by atoms with Crippen molar-refractivity contribution in [2.24, 2.45) is 0 Å². The second-order valence-corrected chi connectivity index (χ2v) is 12.5. The number of hydrogen-bond acceptors (Lipinski definition) is 10. The van der Waals surface area contributed by atoms with E-state index in [0.29, 0.717) is 55.0 Å². The number of benzene rings is 4. The average Bonchev–Trinajstić information content (AvgIpc) is 3.93. The summed E-state index contributed by atoms with van der Waals surface area (Å²) in [5, 5.41) is 31.3. The maximum absolute atomic E-state index is 12.4. The number of amides is 4. The fraction of sp³-hybridized carbons (Fsp3) is 0.300. The first-order valence-electron chi connectivity index (χ1n) is 17.2. The number of epoxide rings is 1. The molecule has 0 radical (unpaired) electrons. The van der Waals surface area contributed by atoms with Gasteiger partial charge in [0.2, 0.25) is 0 Å². The van der Waals surface area contributed by atoms with Gasteiger partial charge in [-0.1, -0.05) is 84.9 Å². The molecule has 2 atom stereocenters. The molecule has 2 unspecified atom stereocenters. The molecule has 0 spiro atoms. The number of aliphatic hydroxyl groups excluding tert-OH is 3. The summed E-state index contributed by atoms with van der Waals surface area (Å²) in [4.78, 5) is 52.7. The van der Waals surface area contributed by atoms with Gasteiger partial charge < -0.3 is 25.4 Å². The Kier molecular flexibility index (Phi) is 13.9. The summed E-state index contributed by atoms with van der Waals surface area (Å²) < 4.78 is 5.02. The summed E-state index contributed by atoms with van der Waals surface area (Å²) in [6, 6.07) is 33.4. The molecule has 0 aromatic heterocycles. The lowest BCUT2D eigenvalue weighted by Crippen LogP contribution is -2.43. The number of ether oxygens (including phenoxy) is 1. The van der Waals surface area contributed by atoms with Crippen LogP contribution < -0.4 is 5.32 Å². The van der Waals surface area contributed by atoms with Crippen LogP contribution in [0.4, 0.5) is 0 Å². The zero-order valence-electron chi connectivity index (χ0n) is 28.8. The second-order valence-electron chi connectivity index (χ2n) is 12.5. The summed E-state index contributed by atoms with van der Waals surface area (Å²) in [5.74, 6) is -1.15. The Morgan fingerprint density at radius 2 is 1.13 bits per heavy atom. The topological polar surface area (TPSA) is 163 Å². The summed E-state index contributed by atoms with van der Waals surface area (Å²) in [6.07, 6.45) is -0.848. The van der Waals surface area contributed by atoms with Crippen LogP contribution in [-0.2, 0) is 17.8 Å². The van der Waals surface area contributed by atoms with Crippen molar-refractivity contribution in [2.45, 2.75) is 25.3 Å². The molecular formula is C40H44N4O8. The third-order valence-electron chi connectivity index (χ3n) is 8.53. The highest BCUT2D eigenvalue weighted by molar-refractivity contribution is 6.22. The molecule has 12 heteroatoms. The van der Waals surface area contributed by atoms with Gasteiger partial charge in [0.1, 0.15) is 0 Å². The lowest BCUT2D eigenvalue weighted by Gasteiger charge is -2.26. The molecule has 52 heavy (non-hydrogen) atoms. The fourth-order valence-electron chi connectivity index (χ4n) is 5.88. The van der Waals surface area contributed by atoms with E-state index in [1.165, 1.54) is 10.5 Å². The molecule has 1 saturated heterocycles. The molecular weight excluding hydrogens is 664 g/mol. The average molecular weight is 709 g/mol. The standard InChI is InChI=1S/C20H22N2O4.C11H9NO3.C9H13NO/c23-11-10-21(12-15-6-2-1-3-7-15)13-16(24)14-22-19(25)17-8-4-5-9-18(17)20(22)26;13-10-8-3-1-2-4-9(8)11(14)12(10)5-7-6-15-7;11-7-6-10-8-9-4-2-1-3-5-9/h1-9,16,23-24H,10-14H2;1-4,7H,5-6H2;1-5,10-11H,6-8H2. The lowest BCUT2D eigenvalue weighted by molar-refractivity contribution is 0.0446. The first-order chi connectivity index (χ1) is 25.3. The fourth-order valence-corrected chi connectivity index (χ4v) is 5.88. The molecule has 4 aromatic carbocycles. The van der Waals surface area contributed by atoms with E-state index in [0.717, 1.165) is 17.0 Å². The minimum atomic E-state index is -0.896. The number of carbonyl (C=O) groups excluding carboxylic acids is 4. The second kappa shape index (κ2) is 19.0. The maximum Gasteiger partial charge on any atom is 0.261 e. The highest BCUT2D eigenvalue weighted by atomic mass is 16.6. The molecule has 0 bridgehead atoms. The van der Waals surface area contributed by atoms with Crippen LogP contribution in [-0.4, -0.2) is 118 Å². The van der Waals surface area contributed by atoms with Crippen LogP contribution in [0, 0.1) is 0 Å². The van der Waals surface area contributed by atoms with Gasteiger partial charge in [-0.15, -0.1) is 0 Å². The Balaban J connectivity index is 0.000000168. The van der Waals surface area contributed by atoms with Crippen molar-refractivity contribution in [1.82, 2.24) is 20.0 Å².